The van der Waals surface area contributed by atoms with Gasteiger partial charge in [-0.1, -0.05) is 24.3 Å². The van der Waals surface area contributed by atoms with Crippen LogP contribution in [0.4, 0.5) is 22.0 Å². The fourth-order valence-electron chi connectivity index (χ4n) is 2.90. The maximum Gasteiger partial charge on any atom is 0.225 e. The highest BCUT2D eigenvalue weighted by atomic mass is 19.1. The van der Waals surface area contributed by atoms with Gasteiger partial charge in [-0.15, -0.1) is 0 Å². The first kappa shape index (κ1) is 16.8. The molecule has 0 fully saturated rings. The highest BCUT2D eigenvalue weighted by Gasteiger charge is 2.09. The molecule has 0 bridgehead atoms. The molecule has 8 heteroatoms. The second-order valence-corrected chi connectivity index (χ2v) is 6.14. The number of rotatable bonds is 5. The van der Waals surface area contributed by atoms with Gasteiger partial charge >= 0.3 is 0 Å². The largest absolute Gasteiger partial charge is 0.384 e. The molecule has 0 amide bonds. The van der Waals surface area contributed by atoms with Crippen LogP contribution in [0.15, 0.2) is 48.5 Å². The maximum absolute atomic E-state index is 13.7. The van der Waals surface area contributed by atoms with Gasteiger partial charge in [0.25, 0.3) is 0 Å². The number of nitrogens with two attached hydrogens (primary N) is 2. The SMILES string of the molecule is Nc1cc(-c2ccc3c(N)n[nH]c3c2)nc(NCCc2ccccc2F)n1. The number of hydrogen-bond acceptors (Lipinski definition) is 6. The van der Waals surface area contributed by atoms with Gasteiger partial charge in [0.05, 0.1) is 11.2 Å². The monoisotopic (exact) mass is 363 g/mol. The van der Waals surface area contributed by atoms with Crippen LogP contribution in [0, 0.1) is 5.82 Å². The minimum atomic E-state index is -0.222. The van der Waals surface area contributed by atoms with Gasteiger partial charge in [-0.3, -0.25) is 5.10 Å². The van der Waals surface area contributed by atoms with E-state index in [9.17, 15) is 4.39 Å². The van der Waals surface area contributed by atoms with Gasteiger partial charge in [0, 0.05) is 23.6 Å². The van der Waals surface area contributed by atoms with Gasteiger partial charge in [0.1, 0.15) is 11.6 Å². The number of anilines is 3. The second-order valence-electron chi connectivity index (χ2n) is 6.14. The molecule has 0 atom stereocenters. The van der Waals surface area contributed by atoms with E-state index in [0.29, 0.717) is 41.8 Å². The molecule has 136 valence electrons. The van der Waals surface area contributed by atoms with Crippen molar-refractivity contribution in [1.29, 1.82) is 0 Å². The Morgan fingerprint density at radius 3 is 2.74 bits per heavy atom. The molecule has 2 aromatic heterocycles. The summed E-state index contributed by atoms with van der Waals surface area (Å²) in [5.41, 5.74) is 14.7. The standard InChI is InChI=1S/C19H18FN7/c20-14-4-2-1-3-11(14)7-8-23-19-24-15(10-17(21)25-19)12-5-6-13-16(9-12)26-27-18(13)22/h1-6,9-10H,7-8H2,(H3,22,26,27)(H3,21,23,24,25). The molecule has 27 heavy (non-hydrogen) atoms. The van der Waals surface area contributed by atoms with Crippen LogP contribution in [0.2, 0.25) is 0 Å². The van der Waals surface area contributed by atoms with Crippen molar-refractivity contribution < 1.29 is 4.39 Å². The van der Waals surface area contributed by atoms with Gasteiger partial charge in [-0.25, -0.2) is 9.37 Å². The molecule has 4 rings (SSSR count). The summed E-state index contributed by atoms with van der Waals surface area (Å²) in [6.07, 6.45) is 0.513. The van der Waals surface area contributed by atoms with Crippen molar-refractivity contribution in [3.63, 3.8) is 0 Å². The highest BCUT2D eigenvalue weighted by molar-refractivity contribution is 5.91. The first-order chi connectivity index (χ1) is 13.1. The average Bonchev–Trinajstić information content (AvgIpc) is 3.03. The summed E-state index contributed by atoms with van der Waals surface area (Å²) in [5, 5.41) is 10.8. The quantitative estimate of drug-likeness (QED) is 0.433. The predicted octanol–water partition coefficient (Wildman–Crippen LogP) is 2.98. The topological polar surface area (TPSA) is 119 Å². The van der Waals surface area contributed by atoms with Crippen LogP contribution >= 0.6 is 0 Å². The third-order valence-corrected chi connectivity index (χ3v) is 4.27. The van der Waals surface area contributed by atoms with Gasteiger partial charge in [-0.2, -0.15) is 10.1 Å². The summed E-state index contributed by atoms with van der Waals surface area (Å²) >= 11 is 0. The summed E-state index contributed by atoms with van der Waals surface area (Å²) in [6.45, 7) is 0.486. The summed E-state index contributed by atoms with van der Waals surface area (Å²) in [4.78, 5) is 8.71. The minimum absolute atomic E-state index is 0.222. The van der Waals surface area contributed by atoms with Crippen molar-refractivity contribution in [2.24, 2.45) is 0 Å². The van der Waals surface area contributed by atoms with E-state index in [4.69, 9.17) is 11.5 Å². The normalized spacial score (nSPS) is 11.0. The van der Waals surface area contributed by atoms with E-state index in [-0.39, 0.29) is 5.82 Å². The lowest BCUT2D eigenvalue weighted by Gasteiger charge is -2.09. The molecule has 4 aromatic rings. The molecule has 0 aliphatic heterocycles. The lowest BCUT2D eigenvalue weighted by molar-refractivity contribution is 0.610. The molecule has 0 saturated heterocycles. The molecular weight excluding hydrogens is 345 g/mol. The fourth-order valence-corrected chi connectivity index (χ4v) is 2.90. The molecule has 0 saturated carbocycles. The van der Waals surface area contributed by atoms with E-state index < -0.39 is 0 Å². The molecule has 6 N–H and O–H groups in total. The molecule has 7 nitrogen and oxygen atoms in total. The van der Waals surface area contributed by atoms with Crippen LogP contribution in [-0.2, 0) is 6.42 Å². The molecule has 2 aromatic carbocycles. The van der Waals surface area contributed by atoms with Crippen molar-refractivity contribution in [2.75, 3.05) is 23.3 Å². The lowest BCUT2D eigenvalue weighted by atomic mass is 10.1. The Morgan fingerprint density at radius 1 is 1.04 bits per heavy atom. The number of halogens is 1. The number of hydrogen-bond donors (Lipinski definition) is 4. The third-order valence-electron chi connectivity index (χ3n) is 4.27. The zero-order valence-electron chi connectivity index (χ0n) is 14.4. The van der Waals surface area contributed by atoms with Crippen LogP contribution in [0.1, 0.15) is 5.56 Å². The van der Waals surface area contributed by atoms with E-state index in [2.05, 4.69) is 25.5 Å². The molecule has 0 aliphatic carbocycles. The maximum atomic E-state index is 13.7. The summed E-state index contributed by atoms with van der Waals surface area (Å²) < 4.78 is 13.7. The van der Waals surface area contributed by atoms with E-state index in [1.165, 1.54) is 6.07 Å². The Labute approximate surface area is 154 Å². The smallest absolute Gasteiger partial charge is 0.225 e. The van der Waals surface area contributed by atoms with Gasteiger partial charge in [0.15, 0.2) is 5.82 Å². The second kappa shape index (κ2) is 6.91. The lowest BCUT2D eigenvalue weighted by Crippen LogP contribution is -2.10. The van der Waals surface area contributed by atoms with Crippen LogP contribution < -0.4 is 16.8 Å². The van der Waals surface area contributed by atoms with Crippen molar-refractivity contribution in [3.8, 4) is 11.3 Å². The van der Waals surface area contributed by atoms with Crippen molar-refractivity contribution >= 4 is 28.5 Å². The number of aromatic nitrogens is 4. The molecule has 2 heterocycles. The number of fused-ring (bicyclic) bond motifs is 1. The summed E-state index contributed by atoms with van der Waals surface area (Å²) in [5.74, 6) is 0.970. The average molecular weight is 363 g/mol. The van der Waals surface area contributed by atoms with Crippen molar-refractivity contribution in [2.45, 2.75) is 6.42 Å². The molecule has 0 radical (unpaired) electrons. The number of nitrogens with one attached hydrogen (secondary N) is 2. The first-order valence-electron chi connectivity index (χ1n) is 8.46. The zero-order valence-corrected chi connectivity index (χ0v) is 14.4. The molecule has 0 aliphatic rings. The number of benzene rings is 2. The van der Waals surface area contributed by atoms with Crippen LogP contribution in [-0.4, -0.2) is 26.7 Å². The Bertz CT molecular complexity index is 1110. The number of aromatic amines is 1. The van der Waals surface area contributed by atoms with Crippen molar-refractivity contribution in [1.82, 2.24) is 20.2 Å². The molecule has 0 unspecified atom stereocenters. The Morgan fingerprint density at radius 2 is 1.89 bits per heavy atom. The van der Waals surface area contributed by atoms with Crippen molar-refractivity contribution in [3.05, 3.63) is 59.9 Å². The van der Waals surface area contributed by atoms with E-state index >= 15 is 0 Å². The van der Waals surface area contributed by atoms with E-state index in [1.807, 2.05) is 24.3 Å². The number of nitrogen functional groups attached to an aromatic ring is 2. The minimum Gasteiger partial charge on any atom is -0.384 e. The van der Waals surface area contributed by atoms with Gasteiger partial charge < -0.3 is 16.8 Å². The van der Waals surface area contributed by atoms with Crippen LogP contribution in [0.5, 0.6) is 0 Å². The Balaban J connectivity index is 1.54. The third kappa shape index (κ3) is 3.50. The van der Waals surface area contributed by atoms with E-state index in [1.54, 1.807) is 18.2 Å². The van der Waals surface area contributed by atoms with Gasteiger partial charge in [-0.05, 0) is 30.2 Å². The predicted molar refractivity (Wildman–Crippen MR) is 105 cm³/mol. The zero-order chi connectivity index (χ0) is 18.8. The molecule has 0 spiro atoms. The van der Waals surface area contributed by atoms with Crippen LogP contribution in [0.25, 0.3) is 22.2 Å². The number of nitrogens with zero attached hydrogens (tertiary/aromatic N) is 3. The number of H-pyrrole nitrogens is 1. The highest BCUT2D eigenvalue weighted by Crippen LogP contribution is 2.26. The fraction of sp³-hybridized carbons (Fsp3) is 0.105. The molecular formula is C19H18FN7. The van der Waals surface area contributed by atoms with Gasteiger partial charge in [0.2, 0.25) is 5.95 Å². The Hall–Kier alpha value is -3.68. The summed E-state index contributed by atoms with van der Waals surface area (Å²) in [6, 6.07) is 14.1. The van der Waals surface area contributed by atoms with E-state index in [0.717, 1.165) is 16.5 Å². The summed E-state index contributed by atoms with van der Waals surface area (Å²) in [7, 11) is 0. The first-order valence-corrected chi connectivity index (χ1v) is 8.46. The Kier molecular flexibility index (Phi) is 4.29. The van der Waals surface area contributed by atoms with Crippen LogP contribution in [0.3, 0.4) is 0 Å².